The zero-order chi connectivity index (χ0) is 13.7. The molecular formula is C12H20N2O4. The molecule has 2 amide bonds. The van der Waals surface area contributed by atoms with Crippen LogP contribution in [0.25, 0.3) is 0 Å². The maximum Gasteiger partial charge on any atom is 0.303 e. The van der Waals surface area contributed by atoms with E-state index >= 15 is 0 Å². The molecule has 1 saturated heterocycles. The van der Waals surface area contributed by atoms with Crippen LogP contribution in [0.15, 0.2) is 0 Å². The number of rotatable bonds is 7. The summed E-state index contributed by atoms with van der Waals surface area (Å²) in [5.41, 5.74) is 0. The van der Waals surface area contributed by atoms with Crippen LogP contribution in [0.1, 0.15) is 32.6 Å². The molecule has 1 aliphatic heterocycles. The first kappa shape index (κ1) is 14.6. The Hall–Kier alpha value is -1.43. The van der Waals surface area contributed by atoms with Gasteiger partial charge in [0.05, 0.1) is 12.5 Å². The normalized spacial score (nSPS) is 19.9. The van der Waals surface area contributed by atoms with Gasteiger partial charge in [0.2, 0.25) is 11.8 Å². The second-order valence-electron chi connectivity index (χ2n) is 4.58. The Bertz CT molecular complexity index is 343. The van der Waals surface area contributed by atoms with Crippen LogP contribution < -0.4 is 0 Å². The van der Waals surface area contributed by atoms with Gasteiger partial charge in [-0.15, -0.1) is 0 Å². The number of hydrogen-bond donors (Lipinski definition) is 1. The van der Waals surface area contributed by atoms with E-state index in [9.17, 15) is 14.4 Å². The highest BCUT2D eigenvalue weighted by molar-refractivity contribution is 6.05. The molecule has 1 aliphatic rings. The molecule has 1 rings (SSSR count). The zero-order valence-corrected chi connectivity index (χ0v) is 10.9. The van der Waals surface area contributed by atoms with Crippen molar-refractivity contribution in [1.29, 1.82) is 0 Å². The summed E-state index contributed by atoms with van der Waals surface area (Å²) in [5, 5.41) is 8.55. The Morgan fingerprint density at radius 2 is 2.17 bits per heavy atom. The third-order valence-electron chi connectivity index (χ3n) is 3.10. The summed E-state index contributed by atoms with van der Waals surface area (Å²) in [7, 11) is 1.76. The van der Waals surface area contributed by atoms with Gasteiger partial charge in [-0.2, -0.15) is 0 Å². The van der Waals surface area contributed by atoms with E-state index in [4.69, 9.17) is 5.11 Å². The third kappa shape index (κ3) is 3.53. The molecule has 0 aromatic heterocycles. The highest BCUT2D eigenvalue weighted by atomic mass is 16.4. The van der Waals surface area contributed by atoms with Crippen molar-refractivity contribution >= 4 is 17.8 Å². The molecule has 0 aromatic carbocycles. The number of nitrogens with zero attached hydrogens (tertiary/aromatic N) is 2. The standard InChI is InChI=1S/C12H20N2O4/c1-3-6-14-10(15)8-9(12(14)18)13(2)7-4-5-11(16)17/h9H,3-8H2,1-2H3,(H,16,17). The van der Waals surface area contributed by atoms with Gasteiger partial charge in [0.15, 0.2) is 0 Å². The second-order valence-corrected chi connectivity index (χ2v) is 4.58. The van der Waals surface area contributed by atoms with Crippen LogP contribution in [0, 0.1) is 0 Å². The molecule has 1 N–H and O–H groups in total. The number of likely N-dealkylation sites (tertiary alicyclic amines) is 1. The molecule has 0 radical (unpaired) electrons. The number of carbonyl (C=O) groups excluding carboxylic acids is 2. The summed E-state index contributed by atoms with van der Waals surface area (Å²) in [5.74, 6) is -1.12. The topological polar surface area (TPSA) is 77.9 Å². The average Bonchev–Trinajstić information content (AvgIpc) is 2.57. The van der Waals surface area contributed by atoms with Crippen molar-refractivity contribution in [2.75, 3.05) is 20.1 Å². The van der Waals surface area contributed by atoms with Crippen molar-refractivity contribution < 1.29 is 19.5 Å². The van der Waals surface area contributed by atoms with Gasteiger partial charge in [0, 0.05) is 13.0 Å². The third-order valence-corrected chi connectivity index (χ3v) is 3.10. The van der Waals surface area contributed by atoms with Crippen LogP contribution in [-0.2, 0) is 14.4 Å². The lowest BCUT2D eigenvalue weighted by Crippen LogP contribution is -2.40. The minimum atomic E-state index is -0.843. The zero-order valence-electron chi connectivity index (χ0n) is 10.9. The Morgan fingerprint density at radius 1 is 1.50 bits per heavy atom. The van der Waals surface area contributed by atoms with Gasteiger partial charge >= 0.3 is 5.97 Å². The molecule has 1 heterocycles. The molecule has 0 aromatic rings. The number of carboxylic acids is 1. The average molecular weight is 256 g/mol. The highest BCUT2D eigenvalue weighted by Gasteiger charge is 2.39. The Labute approximate surface area is 107 Å². The lowest BCUT2D eigenvalue weighted by Gasteiger charge is -2.22. The molecule has 1 atom stereocenters. The first-order valence-corrected chi connectivity index (χ1v) is 6.23. The van der Waals surface area contributed by atoms with Crippen LogP contribution in [0.4, 0.5) is 0 Å². The lowest BCUT2D eigenvalue weighted by molar-refractivity contribution is -0.139. The lowest BCUT2D eigenvalue weighted by atomic mass is 10.2. The molecular weight excluding hydrogens is 236 g/mol. The molecule has 102 valence electrons. The Morgan fingerprint density at radius 3 is 2.72 bits per heavy atom. The molecule has 0 saturated carbocycles. The van der Waals surface area contributed by atoms with Crippen molar-refractivity contribution in [2.24, 2.45) is 0 Å². The first-order valence-electron chi connectivity index (χ1n) is 6.23. The van der Waals surface area contributed by atoms with Crippen LogP contribution >= 0.6 is 0 Å². The van der Waals surface area contributed by atoms with Crippen LogP contribution in [0.2, 0.25) is 0 Å². The Kier molecular flexibility index (Phi) is 5.27. The minimum absolute atomic E-state index is 0.0812. The van der Waals surface area contributed by atoms with E-state index < -0.39 is 12.0 Å². The molecule has 1 fully saturated rings. The van der Waals surface area contributed by atoms with Gasteiger partial charge in [-0.1, -0.05) is 6.92 Å². The van der Waals surface area contributed by atoms with E-state index in [-0.39, 0.29) is 24.7 Å². The minimum Gasteiger partial charge on any atom is -0.481 e. The maximum absolute atomic E-state index is 12.0. The van der Waals surface area contributed by atoms with Gasteiger partial charge in [0.1, 0.15) is 0 Å². The van der Waals surface area contributed by atoms with E-state index in [1.54, 1.807) is 11.9 Å². The van der Waals surface area contributed by atoms with E-state index in [1.807, 2.05) is 6.92 Å². The van der Waals surface area contributed by atoms with Crippen molar-refractivity contribution in [1.82, 2.24) is 9.80 Å². The van der Waals surface area contributed by atoms with E-state index in [0.717, 1.165) is 6.42 Å². The van der Waals surface area contributed by atoms with Crippen molar-refractivity contribution in [2.45, 2.75) is 38.6 Å². The smallest absolute Gasteiger partial charge is 0.303 e. The Balaban J connectivity index is 2.49. The summed E-state index contributed by atoms with van der Waals surface area (Å²) in [4.78, 5) is 37.1. The SMILES string of the molecule is CCCN1C(=O)CC(N(C)CCCC(=O)O)C1=O. The quantitative estimate of drug-likeness (QED) is 0.664. The summed E-state index contributed by atoms with van der Waals surface area (Å²) >= 11 is 0. The fraction of sp³-hybridized carbons (Fsp3) is 0.750. The summed E-state index contributed by atoms with van der Waals surface area (Å²) < 4.78 is 0. The van der Waals surface area contributed by atoms with Gasteiger partial charge in [0.25, 0.3) is 0 Å². The van der Waals surface area contributed by atoms with Crippen LogP contribution in [0.5, 0.6) is 0 Å². The van der Waals surface area contributed by atoms with Gasteiger partial charge < -0.3 is 5.11 Å². The number of likely N-dealkylation sites (N-methyl/N-ethyl adjacent to an activating group) is 1. The monoisotopic (exact) mass is 256 g/mol. The molecule has 0 bridgehead atoms. The molecule has 6 heteroatoms. The fourth-order valence-electron chi connectivity index (χ4n) is 2.10. The summed E-state index contributed by atoms with van der Waals surface area (Å²) in [6, 6.07) is -0.419. The second kappa shape index (κ2) is 6.49. The van der Waals surface area contributed by atoms with Crippen molar-refractivity contribution in [3.05, 3.63) is 0 Å². The largest absolute Gasteiger partial charge is 0.481 e. The number of carbonyl (C=O) groups is 3. The first-order chi connectivity index (χ1) is 8.47. The predicted molar refractivity (Wildman–Crippen MR) is 64.9 cm³/mol. The number of aliphatic carboxylic acids is 1. The van der Waals surface area contributed by atoms with Crippen LogP contribution in [-0.4, -0.2) is 58.9 Å². The number of imide groups is 1. The number of carboxylic acid groups (broad SMARTS) is 1. The molecule has 0 aliphatic carbocycles. The maximum atomic E-state index is 12.0. The summed E-state index contributed by atoms with van der Waals surface area (Å²) in [6.07, 6.45) is 1.53. The van der Waals surface area contributed by atoms with E-state index in [0.29, 0.717) is 19.5 Å². The van der Waals surface area contributed by atoms with Gasteiger partial charge in [-0.25, -0.2) is 0 Å². The number of hydrogen-bond acceptors (Lipinski definition) is 4. The molecule has 18 heavy (non-hydrogen) atoms. The van der Waals surface area contributed by atoms with Crippen molar-refractivity contribution in [3.63, 3.8) is 0 Å². The predicted octanol–water partition coefficient (Wildman–Crippen LogP) is 0.320. The van der Waals surface area contributed by atoms with Gasteiger partial charge in [-0.3, -0.25) is 24.2 Å². The van der Waals surface area contributed by atoms with Gasteiger partial charge in [-0.05, 0) is 26.4 Å². The highest BCUT2D eigenvalue weighted by Crippen LogP contribution is 2.18. The number of amides is 2. The summed E-state index contributed by atoms with van der Waals surface area (Å²) in [6.45, 7) is 2.90. The molecule has 6 nitrogen and oxygen atoms in total. The van der Waals surface area contributed by atoms with E-state index in [2.05, 4.69) is 0 Å². The van der Waals surface area contributed by atoms with E-state index in [1.165, 1.54) is 4.90 Å². The fourth-order valence-corrected chi connectivity index (χ4v) is 2.10. The van der Waals surface area contributed by atoms with Crippen molar-refractivity contribution in [3.8, 4) is 0 Å². The van der Waals surface area contributed by atoms with Crippen LogP contribution in [0.3, 0.4) is 0 Å². The molecule has 0 spiro atoms. The molecule has 1 unspecified atom stereocenters.